The molecule has 1 aromatic heterocycles. The number of rotatable bonds is 6. The summed E-state index contributed by atoms with van der Waals surface area (Å²) < 4.78 is 5.75. The number of aromatic nitrogens is 1. The van der Waals surface area contributed by atoms with Crippen LogP contribution in [0.15, 0.2) is 24.3 Å². The van der Waals surface area contributed by atoms with E-state index >= 15 is 0 Å². The summed E-state index contributed by atoms with van der Waals surface area (Å²) in [4.78, 5) is 17.2. The number of thiazole rings is 1. The second-order valence-corrected chi connectivity index (χ2v) is 6.64. The van der Waals surface area contributed by atoms with Crippen molar-refractivity contribution in [1.29, 1.82) is 0 Å². The molecule has 3 rings (SSSR count). The lowest BCUT2D eigenvalue weighted by Gasteiger charge is -2.04. The van der Waals surface area contributed by atoms with Gasteiger partial charge < -0.3 is 10.1 Å². The van der Waals surface area contributed by atoms with E-state index in [1.807, 2.05) is 19.1 Å². The maximum Gasteiger partial charge on any atom is 0.263 e. The second-order valence-electron chi connectivity index (χ2n) is 5.56. The van der Waals surface area contributed by atoms with E-state index in [0.29, 0.717) is 17.5 Å². The number of aryl methyl sites for hydroxylation is 2. The quantitative estimate of drug-likeness (QED) is 0.887. The van der Waals surface area contributed by atoms with Gasteiger partial charge in [0.25, 0.3) is 5.91 Å². The van der Waals surface area contributed by atoms with E-state index in [4.69, 9.17) is 4.74 Å². The van der Waals surface area contributed by atoms with Crippen LogP contribution in [-0.4, -0.2) is 16.9 Å². The highest BCUT2D eigenvalue weighted by atomic mass is 32.1. The van der Waals surface area contributed by atoms with Crippen LogP contribution in [-0.2, 0) is 13.0 Å². The van der Waals surface area contributed by atoms with E-state index in [9.17, 15) is 4.79 Å². The molecule has 0 bridgehead atoms. The predicted molar refractivity (Wildman–Crippen MR) is 87.5 cm³/mol. The van der Waals surface area contributed by atoms with E-state index in [1.165, 1.54) is 16.9 Å². The lowest BCUT2D eigenvalue weighted by molar-refractivity contribution is 0.0954. The number of amides is 1. The van der Waals surface area contributed by atoms with Crippen molar-refractivity contribution >= 4 is 17.2 Å². The van der Waals surface area contributed by atoms with Crippen LogP contribution in [0.3, 0.4) is 0 Å². The third kappa shape index (κ3) is 3.65. The molecule has 1 heterocycles. The lowest BCUT2D eigenvalue weighted by atomic mass is 10.2. The molecule has 22 heavy (non-hydrogen) atoms. The van der Waals surface area contributed by atoms with Crippen LogP contribution >= 0.6 is 11.3 Å². The third-order valence-electron chi connectivity index (χ3n) is 3.65. The minimum Gasteiger partial charge on any atom is -0.486 e. The number of carbonyl (C=O) groups is 1. The van der Waals surface area contributed by atoms with Gasteiger partial charge in [0.05, 0.1) is 5.69 Å². The first-order valence-electron chi connectivity index (χ1n) is 7.64. The minimum absolute atomic E-state index is 0.00366. The highest BCUT2D eigenvalue weighted by Crippen LogP contribution is 2.23. The Morgan fingerprint density at radius 1 is 1.36 bits per heavy atom. The number of ether oxygens (including phenoxy) is 1. The highest BCUT2D eigenvalue weighted by Gasteiger charge is 2.25. The zero-order valence-corrected chi connectivity index (χ0v) is 13.7. The van der Waals surface area contributed by atoms with Gasteiger partial charge in [-0.3, -0.25) is 4.79 Å². The summed E-state index contributed by atoms with van der Waals surface area (Å²) in [5, 5.41) is 3.83. The van der Waals surface area contributed by atoms with Crippen molar-refractivity contribution in [3.05, 3.63) is 45.4 Å². The van der Waals surface area contributed by atoms with Crippen molar-refractivity contribution in [2.45, 2.75) is 45.8 Å². The molecule has 116 valence electrons. The van der Waals surface area contributed by atoms with Crippen molar-refractivity contribution in [1.82, 2.24) is 10.3 Å². The number of carbonyl (C=O) groups excluding carboxylic acids is 1. The van der Waals surface area contributed by atoms with Crippen molar-refractivity contribution in [3.8, 4) is 5.75 Å². The fourth-order valence-corrected chi connectivity index (χ4v) is 3.05. The molecule has 4 nitrogen and oxygen atoms in total. The molecule has 0 radical (unpaired) electrons. The monoisotopic (exact) mass is 316 g/mol. The SMILES string of the molecule is CCc1ccc(OCc2nc(C)c(C(=O)NC3CC3)s2)cc1. The number of benzene rings is 1. The summed E-state index contributed by atoms with van der Waals surface area (Å²) in [5.41, 5.74) is 2.07. The van der Waals surface area contributed by atoms with E-state index in [1.54, 1.807) is 0 Å². The molecule has 0 spiro atoms. The standard InChI is InChI=1S/C17H20N2O2S/c1-3-12-4-8-14(9-5-12)21-10-15-18-11(2)16(22-15)17(20)19-13-6-7-13/h4-5,8-9,13H,3,6-7,10H2,1-2H3,(H,19,20). The zero-order valence-electron chi connectivity index (χ0n) is 12.9. The summed E-state index contributed by atoms with van der Waals surface area (Å²) in [6.45, 7) is 4.40. The Balaban J connectivity index is 1.61. The van der Waals surface area contributed by atoms with Crippen LogP contribution in [0.4, 0.5) is 0 Å². The molecule has 1 aliphatic carbocycles. The fraction of sp³-hybridized carbons (Fsp3) is 0.412. The van der Waals surface area contributed by atoms with Gasteiger partial charge in [-0.2, -0.15) is 0 Å². The average molecular weight is 316 g/mol. The Morgan fingerprint density at radius 3 is 2.73 bits per heavy atom. The van der Waals surface area contributed by atoms with Crippen LogP contribution < -0.4 is 10.1 Å². The topological polar surface area (TPSA) is 51.2 Å². The summed E-state index contributed by atoms with van der Waals surface area (Å²) in [5.74, 6) is 0.824. The predicted octanol–water partition coefficient (Wildman–Crippen LogP) is 3.49. The van der Waals surface area contributed by atoms with Gasteiger partial charge in [0.2, 0.25) is 0 Å². The first-order valence-corrected chi connectivity index (χ1v) is 8.46. The number of nitrogens with one attached hydrogen (secondary N) is 1. The lowest BCUT2D eigenvalue weighted by Crippen LogP contribution is -2.25. The van der Waals surface area contributed by atoms with Crippen molar-refractivity contribution in [2.24, 2.45) is 0 Å². The van der Waals surface area contributed by atoms with Gasteiger partial charge in [-0.25, -0.2) is 4.98 Å². The van der Waals surface area contributed by atoms with Crippen molar-refractivity contribution in [2.75, 3.05) is 0 Å². The van der Waals surface area contributed by atoms with Gasteiger partial charge in [-0.1, -0.05) is 19.1 Å². The molecule has 1 fully saturated rings. The summed E-state index contributed by atoms with van der Waals surface area (Å²) in [6, 6.07) is 8.44. The van der Waals surface area contributed by atoms with Gasteiger partial charge >= 0.3 is 0 Å². The second kappa shape index (κ2) is 6.48. The van der Waals surface area contributed by atoms with E-state index in [-0.39, 0.29) is 5.91 Å². The van der Waals surface area contributed by atoms with E-state index < -0.39 is 0 Å². The van der Waals surface area contributed by atoms with E-state index in [0.717, 1.165) is 35.7 Å². The molecule has 5 heteroatoms. The maximum absolute atomic E-state index is 12.1. The van der Waals surface area contributed by atoms with Crippen LogP contribution in [0, 0.1) is 6.92 Å². The average Bonchev–Trinajstić information content (AvgIpc) is 3.26. The minimum atomic E-state index is -0.00366. The summed E-state index contributed by atoms with van der Waals surface area (Å²) in [7, 11) is 0. The Morgan fingerprint density at radius 2 is 2.09 bits per heavy atom. The Bertz CT molecular complexity index is 660. The van der Waals surface area contributed by atoms with Crippen LogP contribution in [0.2, 0.25) is 0 Å². The number of nitrogens with zero attached hydrogens (tertiary/aromatic N) is 1. The molecule has 1 aromatic carbocycles. The summed E-state index contributed by atoms with van der Waals surface area (Å²) >= 11 is 1.42. The van der Waals surface area contributed by atoms with Gasteiger partial charge in [0, 0.05) is 6.04 Å². The maximum atomic E-state index is 12.1. The zero-order chi connectivity index (χ0) is 15.5. The first kappa shape index (κ1) is 15.0. The Kier molecular flexibility index (Phi) is 4.43. The molecule has 1 amide bonds. The molecular weight excluding hydrogens is 296 g/mol. The van der Waals surface area contributed by atoms with E-state index in [2.05, 4.69) is 29.4 Å². The van der Waals surface area contributed by atoms with Gasteiger partial charge in [-0.05, 0) is 43.9 Å². The molecule has 1 saturated carbocycles. The molecule has 0 atom stereocenters. The van der Waals surface area contributed by atoms with Crippen LogP contribution in [0.1, 0.15) is 45.7 Å². The molecule has 0 aliphatic heterocycles. The number of hydrogen-bond donors (Lipinski definition) is 1. The Labute approximate surface area is 134 Å². The van der Waals surface area contributed by atoms with Gasteiger partial charge in [-0.15, -0.1) is 11.3 Å². The molecule has 1 aliphatic rings. The van der Waals surface area contributed by atoms with Crippen molar-refractivity contribution in [3.63, 3.8) is 0 Å². The molecule has 2 aromatic rings. The Hall–Kier alpha value is -1.88. The molecule has 0 unspecified atom stereocenters. The largest absolute Gasteiger partial charge is 0.486 e. The number of hydrogen-bond acceptors (Lipinski definition) is 4. The first-order chi connectivity index (χ1) is 10.7. The van der Waals surface area contributed by atoms with Crippen LogP contribution in [0.5, 0.6) is 5.75 Å². The van der Waals surface area contributed by atoms with Gasteiger partial charge in [0.1, 0.15) is 22.2 Å². The van der Waals surface area contributed by atoms with Crippen molar-refractivity contribution < 1.29 is 9.53 Å². The smallest absolute Gasteiger partial charge is 0.263 e. The molecular formula is C17H20N2O2S. The molecule has 1 N–H and O–H groups in total. The third-order valence-corrected chi connectivity index (χ3v) is 4.78. The highest BCUT2D eigenvalue weighted by molar-refractivity contribution is 7.13. The normalized spacial score (nSPS) is 13.9. The fourth-order valence-electron chi connectivity index (χ4n) is 2.17. The van der Waals surface area contributed by atoms with Gasteiger partial charge in [0.15, 0.2) is 0 Å². The van der Waals surface area contributed by atoms with Crippen LogP contribution in [0.25, 0.3) is 0 Å². The molecule has 0 saturated heterocycles. The summed E-state index contributed by atoms with van der Waals surface area (Å²) in [6.07, 6.45) is 3.20.